The maximum Gasteiger partial charge on any atom is 0.221 e. The van der Waals surface area contributed by atoms with Crippen LogP contribution in [0.5, 0.6) is 0 Å². The molecule has 0 bridgehead atoms. The number of nitrogen functional groups attached to an aromatic ring is 2. The van der Waals surface area contributed by atoms with Crippen molar-refractivity contribution in [1.29, 1.82) is 0 Å². The van der Waals surface area contributed by atoms with Crippen molar-refractivity contribution >= 4 is 29.4 Å². The maximum atomic E-state index is 5.40. The van der Waals surface area contributed by atoms with E-state index in [2.05, 4.69) is 22.2 Å². The highest BCUT2D eigenvalue weighted by molar-refractivity contribution is 7.79. The zero-order chi connectivity index (χ0) is 7.56. The normalized spacial score (nSPS) is 9.20. The Morgan fingerprint density at radius 1 is 1.50 bits per heavy atom. The average Bonchev–Trinajstić information content (AvgIpc) is 1.88. The molecule has 0 spiro atoms. The molecule has 10 heavy (non-hydrogen) atoms. The first-order valence-electron chi connectivity index (χ1n) is 2.57. The smallest absolute Gasteiger partial charge is 0.221 e. The molecule has 0 fully saturated rings. The molecule has 0 atom stereocenters. The molecular formula is C5H6N4S. The van der Waals surface area contributed by atoms with Crippen molar-refractivity contribution < 1.29 is 0 Å². The second-order valence-corrected chi connectivity index (χ2v) is 1.92. The van der Waals surface area contributed by atoms with E-state index in [1.165, 1.54) is 11.6 Å². The van der Waals surface area contributed by atoms with Gasteiger partial charge in [0.05, 0.1) is 0 Å². The van der Waals surface area contributed by atoms with Gasteiger partial charge in [-0.3, -0.25) is 0 Å². The summed E-state index contributed by atoms with van der Waals surface area (Å²) in [7, 11) is 0. The lowest BCUT2D eigenvalue weighted by Gasteiger charge is -1.96. The summed E-state index contributed by atoms with van der Waals surface area (Å²) < 4.78 is 0. The van der Waals surface area contributed by atoms with E-state index >= 15 is 0 Å². The highest BCUT2D eigenvalue weighted by Crippen LogP contribution is 2.04. The highest BCUT2D eigenvalue weighted by atomic mass is 32.1. The fraction of sp³-hybridized carbons (Fsp3) is 0. The summed E-state index contributed by atoms with van der Waals surface area (Å²) in [6.45, 7) is 0. The van der Waals surface area contributed by atoms with Gasteiger partial charge in [0, 0.05) is 17.1 Å². The minimum atomic E-state index is 0.165. The number of thiocarbonyl (C=S) groups is 1. The summed E-state index contributed by atoms with van der Waals surface area (Å²) in [5.41, 5.74) is 11.3. The van der Waals surface area contributed by atoms with Crippen LogP contribution in [0.1, 0.15) is 5.56 Å². The topological polar surface area (TPSA) is 77.8 Å². The first-order valence-corrected chi connectivity index (χ1v) is 3.04. The van der Waals surface area contributed by atoms with Crippen molar-refractivity contribution in [3.63, 3.8) is 0 Å². The third kappa shape index (κ3) is 1.19. The van der Waals surface area contributed by atoms with Crippen molar-refractivity contribution in [2.75, 3.05) is 11.5 Å². The van der Waals surface area contributed by atoms with Gasteiger partial charge in [-0.2, -0.15) is 4.98 Å². The van der Waals surface area contributed by atoms with Gasteiger partial charge in [-0.1, -0.05) is 12.2 Å². The van der Waals surface area contributed by atoms with E-state index in [0.717, 1.165) is 0 Å². The van der Waals surface area contributed by atoms with Gasteiger partial charge in [-0.05, 0) is 0 Å². The van der Waals surface area contributed by atoms with Crippen molar-refractivity contribution in [3.05, 3.63) is 11.8 Å². The third-order valence-electron chi connectivity index (χ3n) is 0.994. The molecular weight excluding hydrogens is 148 g/mol. The number of hydrogen-bond acceptors (Lipinski definition) is 5. The maximum absolute atomic E-state index is 5.40. The van der Waals surface area contributed by atoms with E-state index in [9.17, 15) is 0 Å². The van der Waals surface area contributed by atoms with E-state index in [-0.39, 0.29) is 5.95 Å². The number of nitrogens with zero attached hydrogens (tertiary/aromatic N) is 2. The second-order valence-electron chi connectivity index (χ2n) is 1.69. The lowest BCUT2D eigenvalue weighted by atomic mass is 10.3. The van der Waals surface area contributed by atoms with Crippen LogP contribution in [0.25, 0.3) is 0 Å². The molecule has 1 aromatic heterocycles. The molecule has 0 aliphatic heterocycles. The Morgan fingerprint density at radius 3 is 2.70 bits per heavy atom. The van der Waals surface area contributed by atoms with Gasteiger partial charge in [0.25, 0.3) is 0 Å². The second kappa shape index (κ2) is 2.57. The fourth-order valence-electron chi connectivity index (χ4n) is 0.509. The lowest BCUT2D eigenvalue weighted by Crippen LogP contribution is -2.02. The fourth-order valence-corrected chi connectivity index (χ4v) is 0.691. The number of nitrogens with two attached hydrogens (primary N) is 2. The largest absolute Gasteiger partial charge is 0.383 e. The summed E-state index contributed by atoms with van der Waals surface area (Å²) in [6.07, 6.45) is 1.49. The standard InChI is InChI=1S/C5H6N4S/c6-4-3(2-10)1-8-5(7)9-4/h1-2H,(H4,6,7,8,9). The molecule has 4 N–H and O–H groups in total. The third-order valence-corrected chi connectivity index (χ3v) is 1.25. The zero-order valence-corrected chi connectivity index (χ0v) is 5.93. The van der Waals surface area contributed by atoms with Crippen LogP contribution in [0.15, 0.2) is 6.20 Å². The summed E-state index contributed by atoms with van der Waals surface area (Å²) in [6, 6.07) is 0. The molecule has 0 aliphatic rings. The van der Waals surface area contributed by atoms with Gasteiger partial charge >= 0.3 is 0 Å². The van der Waals surface area contributed by atoms with Crippen molar-refractivity contribution in [3.8, 4) is 0 Å². The Morgan fingerprint density at radius 2 is 2.20 bits per heavy atom. The zero-order valence-electron chi connectivity index (χ0n) is 5.11. The number of anilines is 2. The molecule has 1 aromatic rings. The van der Waals surface area contributed by atoms with E-state index in [1.807, 2.05) is 0 Å². The van der Waals surface area contributed by atoms with Gasteiger partial charge in [0.1, 0.15) is 5.82 Å². The van der Waals surface area contributed by atoms with Gasteiger partial charge in [-0.15, -0.1) is 0 Å². The molecule has 0 aromatic carbocycles. The molecule has 0 aliphatic carbocycles. The summed E-state index contributed by atoms with van der Waals surface area (Å²) in [5, 5.41) is 1.41. The Labute approximate surface area is 63.3 Å². The molecule has 0 radical (unpaired) electrons. The molecule has 1 heterocycles. The van der Waals surface area contributed by atoms with Crippen molar-refractivity contribution in [2.45, 2.75) is 0 Å². The van der Waals surface area contributed by atoms with Crippen LogP contribution in [0.2, 0.25) is 0 Å². The minimum absolute atomic E-state index is 0.165. The number of aromatic nitrogens is 2. The van der Waals surface area contributed by atoms with Gasteiger partial charge in [-0.25, -0.2) is 4.98 Å². The Kier molecular flexibility index (Phi) is 1.77. The van der Waals surface area contributed by atoms with Crippen LogP contribution in [-0.2, 0) is 0 Å². The lowest BCUT2D eigenvalue weighted by molar-refractivity contribution is 1.19. The van der Waals surface area contributed by atoms with E-state index in [1.54, 1.807) is 0 Å². The van der Waals surface area contributed by atoms with Crippen LogP contribution in [0.4, 0.5) is 11.8 Å². The minimum Gasteiger partial charge on any atom is -0.383 e. The Hall–Kier alpha value is -1.23. The Balaban J connectivity index is 3.19. The first kappa shape index (κ1) is 6.88. The molecule has 52 valence electrons. The molecule has 0 unspecified atom stereocenters. The SMILES string of the molecule is Nc1ncc(C=S)c(N)n1. The average molecular weight is 154 g/mol. The number of rotatable bonds is 1. The van der Waals surface area contributed by atoms with Crippen LogP contribution < -0.4 is 11.5 Å². The molecule has 0 saturated carbocycles. The van der Waals surface area contributed by atoms with Crippen molar-refractivity contribution in [1.82, 2.24) is 9.97 Å². The summed E-state index contributed by atoms with van der Waals surface area (Å²) in [4.78, 5) is 7.39. The highest BCUT2D eigenvalue weighted by Gasteiger charge is 1.96. The monoisotopic (exact) mass is 154 g/mol. The van der Waals surface area contributed by atoms with Gasteiger partial charge < -0.3 is 11.5 Å². The van der Waals surface area contributed by atoms with Crippen LogP contribution in [-0.4, -0.2) is 15.3 Å². The van der Waals surface area contributed by atoms with Crippen LogP contribution in [0.3, 0.4) is 0 Å². The predicted molar refractivity (Wildman–Crippen MR) is 43.6 cm³/mol. The Bertz CT molecular complexity index is 260. The summed E-state index contributed by atoms with van der Waals surface area (Å²) >= 11 is 4.62. The van der Waals surface area contributed by atoms with Gasteiger partial charge in [0.2, 0.25) is 5.95 Å². The molecule has 0 amide bonds. The number of hydrogen-bond donors (Lipinski definition) is 2. The van der Waals surface area contributed by atoms with Gasteiger partial charge in [0.15, 0.2) is 0 Å². The molecule has 1 rings (SSSR count). The quantitative estimate of drug-likeness (QED) is 0.556. The molecule has 0 saturated heterocycles. The first-order chi connectivity index (χ1) is 4.74. The van der Waals surface area contributed by atoms with E-state index in [0.29, 0.717) is 11.4 Å². The van der Waals surface area contributed by atoms with Crippen molar-refractivity contribution in [2.24, 2.45) is 0 Å². The molecule has 4 nitrogen and oxygen atoms in total. The van der Waals surface area contributed by atoms with Crippen LogP contribution >= 0.6 is 12.2 Å². The van der Waals surface area contributed by atoms with Crippen LogP contribution in [0, 0.1) is 0 Å². The predicted octanol–water partition coefficient (Wildman–Crippen LogP) is -0.0112. The van der Waals surface area contributed by atoms with E-state index in [4.69, 9.17) is 11.5 Å². The van der Waals surface area contributed by atoms with E-state index < -0.39 is 0 Å². The summed E-state index contributed by atoms with van der Waals surface area (Å²) in [5.74, 6) is 0.487. The molecule has 5 heteroatoms.